The van der Waals surface area contributed by atoms with Crippen molar-refractivity contribution in [1.29, 1.82) is 5.41 Å². The molecule has 2 aliphatic rings. The Bertz CT molecular complexity index is 545. The molecule has 3 rings (SSSR count). The van der Waals surface area contributed by atoms with E-state index in [1.54, 1.807) is 0 Å². The Labute approximate surface area is 134 Å². The van der Waals surface area contributed by atoms with Gasteiger partial charge in [-0.05, 0) is 57.0 Å². The Morgan fingerprint density at radius 2 is 2.14 bits per heavy atom. The molecule has 0 radical (unpaired) electrons. The molecule has 0 aromatic heterocycles. The summed E-state index contributed by atoms with van der Waals surface area (Å²) in [5.41, 5.74) is 7.72. The van der Waals surface area contributed by atoms with E-state index in [1.165, 1.54) is 25.8 Å². The quantitative estimate of drug-likeness (QED) is 0.636. The van der Waals surface area contributed by atoms with Crippen LogP contribution in [0.4, 0.5) is 5.69 Å². The van der Waals surface area contributed by atoms with Crippen molar-refractivity contribution in [2.45, 2.75) is 25.3 Å². The highest BCUT2D eigenvalue weighted by molar-refractivity contribution is 9.10. The van der Waals surface area contributed by atoms with Crippen molar-refractivity contribution in [2.24, 2.45) is 11.7 Å². The first-order chi connectivity index (χ1) is 10.1. The number of halogens is 1. The van der Waals surface area contributed by atoms with Gasteiger partial charge in [-0.25, -0.2) is 0 Å². The van der Waals surface area contributed by atoms with Crippen LogP contribution in [0.2, 0.25) is 0 Å². The smallest absolute Gasteiger partial charge is 0.124 e. The van der Waals surface area contributed by atoms with E-state index in [0.29, 0.717) is 0 Å². The largest absolute Gasteiger partial charge is 0.384 e. The van der Waals surface area contributed by atoms with Crippen LogP contribution in [0.15, 0.2) is 22.7 Å². The van der Waals surface area contributed by atoms with Gasteiger partial charge in [0.05, 0.1) is 0 Å². The van der Waals surface area contributed by atoms with E-state index in [4.69, 9.17) is 11.1 Å². The van der Waals surface area contributed by atoms with Crippen LogP contribution >= 0.6 is 15.9 Å². The number of rotatable bonds is 2. The number of anilines is 1. The monoisotopic (exact) mass is 350 g/mol. The molecular weight excluding hydrogens is 328 g/mol. The van der Waals surface area contributed by atoms with E-state index in [2.05, 4.69) is 38.8 Å². The first kappa shape index (κ1) is 14.9. The molecule has 5 heteroatoms. The van der Waals surface area contributed by atoms with Gasteiger partial charge in [0.1, 0.15) is 5.84 Å². The number of fused-ring (bicyclic) bond motifs is 1. The maximum Gasteiger partial charge on any atom is 0.124 e. The minimum atomic E-state index is 0.147. The average Bonchev–Trinajstić information content (AvgIpc) is 2.47. The van der Waals surface area contributed by atoms with Gasteiger partial charge in [-0.1, -0.05) is 15.9 Å². The van der Waals surface area contributed by atoms with E-state index >= 15 is 0 Å². The van der Waals surface area contributed by atoms with Crippen LogP contribution in [0.3, 0.4) is 0 Å². The Balaban J connectivity index is 1.84. The normalized spacial score (nSPS) is 26.5. The minimum absolute atomic E-state index is 0.147. The highest BCUT2D eigenvalue weighted by atomic mass is 79.9. The molecule has 0 saturated carbocycles. The molecule has 2 unspecified atom stereocenters. The zero-order chi connectivity index (χ0) is 15.0. The Kier molecular flexibility index (Phi) is 4.22. The predicted molar refractivity (Wildman–Crippen MR) is 91.1 cm³/mol. The predicted octanol–water partition coefficient (Wildman–Crippen LogP) is 2.65. The fourth-order valence-corrected chi connectivity index (χ4v) is 4.23. The number of nitrogens with two attached hydrogens (primary N) is 1. The lowest BCUT2D eigenvalue weighted by Crippen LogP contribution is -2.53. The molecule has 0 spiro atoms. The van der Waals surface area contributed by atoms with Crippen molar-refractivity contribution in [3.8, 4) is 0 Å². The van der Waals surface area contributed by atoms with E-state index in [-0.39, 0.29) is 5.84 Å². The van der Waals surface area contributed by atoms with Gasteiger partial charge in [0.15, 0.2) is 0 Å². The van der Waals surface area contributed by atoms with Gasteiger partial charge < -0.3 is 15.5 Å². The van der Waals surface area contributed by atoms with E-state index in [9.17, 15) is 0 Å². The first-order valence-corrected chi connectivity index (χ1v) is 8.44. The van der Waals surface area contributed by atoms with Crippen LogP contribution < -0.4 is 10.6 Å². The molecule has 4 nitrogen and oxygen atoms in total. The molecule has 114 valence electrons. The van der Waals surface area contributed by atoms with Crippen LogP contribution in [-0.2, 0) is 0 Å². The molecule has 2 heterocycles. The highest BCUT2D eigenvalue weighted by Crippen LogP contribution is 2.33. The Morgan fingerprint density at radius 3 is 2.90 bits per heavy atom. The summed E-state index contributed by atoms with van der Waals surface area (Å²) in [6, 6.07) is 6.82. The van der Waals surface area contributed by atoms with Crippen molar-refractivity contribution < 1.29 is 0 Å². The third kappa shape index (κ3) is 2.94. The van der Waals surface area contributed by atoms with Gasteiger partial charge in [0.25, 0.3) is 0 Å². The van der Waals surface area contributed by atoms with Gasteiger partial charge in [0, 0.05) is 34.9 Å². The number of likely N-dealkylation sites (tertiary alicyclic amines) is 1. The summed E-state index contributed by atoms with van der Waals surface area (Å²) in [6.45, 7) is 3.36. The van der Waals surface area contributed by atoms with Crippen LogP contribution in [0.1, 0.15) is 24.8 Å². The zero-order valence-corrected chi connectivity index (χ0v) is 14.1. The second-order valence-electron chi connectivity index (χ2n) is 6.26. The molecule has 3 N–H and O–H groups in total. The molecule has 21 heavy (non-hydrogen) atoms. The van der Waals surface area contributed by atoms with Crippen molar-refractivity contribution >= 4 is 27.5 Å². The zero-order valence-electron chi connectivity index (χ0n) is 12.5. The molecule has 2 atom stereocenters. The lowest BCUT2D eigenvalue weighted by Gasteiger charge is -2.47. The summed E-state index contributed by atoms with van der Waals surface area (Å²) in [4.78, 5) is 4.95. The maximum absolute atomic E-state index is 7.83. The second-order valence-corrected chi connectivity index (χ2v) is 7.18. The minimum Gasteiger partial charge on any atom is -0.384 e. The van der Waals surface area contributed by atoms with E-state index in [1.807, 2.05) is 12.1 Å². The number of piperidine rings is 2. The van der Waals surface area contributed by atoms with Gasteiger partial charge in [-0.3, -0.25) is 5.41 Å². The molecule has 0 amide bonds. The fraction of sp³-hybridized carbons (Fsp3) is 0.562. The SMILES string of the molecule is CN1CCCC2CN(c3ccc(Br)cc3C(=N)N)CCC21. The summed E-state index contributed by atoms with van der Waals surface area (Å²) in [6.07, 6.45) is 3.82. The van der Waals surface area contributed by atoms with Crippen LogP contribution in [-0.4, -0.2) is 43.5 Å². The summed E-state index contributed by atoms with van der Waals surface area (Å²) in [5.74, 6) is 0.884. The average molecular weight is 351 g/mol. The third-order valence-electron chi connectivity index (χ3n) is 4.94. The lowest BCUT2D eigenvalue weighted by atomic mass is 9.84. The van der Waals surface area contributed by atoms with Crippen LogP contribution in [0, 0.1) is 11.3 Å². The van der Waals surface area contributed by atoms with Crippen molar-refractivity contribution in [1.82, 2.24) is 4.90 Å². The van der Waals surface area contributed by atoms with Crippen LogP contribution in [0.25, 0.3) is 0 Å². The van der Waals surface area contributed by atoms with Gasteiger partial charge >= 0.3 is 0 Å². The van der Waals surface area contributed by atoms with Crippen LogP contribution in [0.5, 0.6) is 0 Å². The Morgan fingerprint density at radius 1 is 1.33 bits per heavy atom. The standard InChI is InChI=1S/C16H23BrN4/c1-20-7-2-3-11-10-21(8-6-14(11)20)15-5-4-12(17)9-13(15)16(18)19/h4-5,9,11,14H,2-3,6-8,10H2,1H3,(H3,18,19). The van der Waals surface area contributed by atoms with Crippen molar-refractivity contribution in [3.05, 3.63) is 28.2 Å². The summed E-state index contributed by atoms with van der Waals surface area (Å²) >= 11 is 3.47. The van der Waals surface area contributed by atoms with E-state index in [0.717, 1.165) is 40.8 Å². The molecular formula is C16H23BrN4. The lowest BCUT2D eigenvalue weighted by molar-refractivity contribution is 0.102. The molecule has 2 saturated heterocycles. The summed E-state index contributed by atoms with van der Waals surface area (Å²) in [7, 11) is 2.26. The van der Waals surface area contributed by atoms with Gasteiger partial charge in [0.2, 0.25) is 0 Å². The molecule has 0 aliphatic carbocycles. The molecule has 1 aromatic carbocycles. The highest BCUT2D eigenvalue weighted by Gasteiger charge is 2.34. The summed E-state index contributed by atoms with van der Waals surface area (Å²) < 4.78 is 0.976. The molecule has 2 aliphatic heterocycles. The van der Waals surface area contributed by atoms with Gasteiger partial charge in [-0.15, -0.1) is 0 Å². The fourth-order valence-electron chi connectivity index (χ4n) is 3.87. The maximum atomic E-state index is 7.83. The third-order valence-corrected chi connectivity index (χ3v) is 5.43. The number of nitrogens with one attached hydrogen (secondary N) is 1. The first-order valence-electron chi connectivity index (χ1n) is 7.65. The number of amidine groups is 1. The molecule has 0 bridgehead atoms. The van der Waals surface area contributed by atoms with E-state index < -0.39 is 0 Å². The number of hydrogen-bond donors (Lipinski definition) is 2. The van der Waals surface area contributed by atoms with Gasteiger partial charge in [-0.2, -0.15) is 0 Å². The molecule has 2 fully saturated rings. The second kappa shape index (κ2) is 5.97. The number of benzene rings is 1. The summed E-state index contributed by atoms with van der Waals surface area (Å²) in [5, 5.41) is 7.83. The number of hydrogen-bond acceptors (Lipinski definition) is 3. The topological polar surface area (TPSA) is 56.4 Å². The number of nitrogen functional groups attached to an aromatic ring is 1. The van der Waals surface area contributed by atoms with Crippen molar-refractivity contribution in [3.63, 3.8) is 0 Å². The van der Waals surface area contributed by atoms with Crippen molar-refractivity contribution in [2.75, 3.05) is 31.6 Å². The number of nitrogens with zero attached hydrogens (tertiary/aromatic N) is 2. The molecule has 1 aromatic rings. The Hall–Kier alpha value is -1.07.